The zero-order valence-corrected chi connectivity index (χ0v) is 19.7. The highest BCUT2D eigenvalue weighted by Gasteiger charge is 2.27. The Hall–Kier alpha value is -3.92. The second-order valence-corrected chi connectivity index (χ2v) is 8.74. The van der Waals surface area contributed by atoms with Crippen LogP contribution in [0.15, 0.2) is 82.9 Å². The van der Waals surface area contributed by atoms with Crippen LogP contribution in [0.2, 0.25) is 0 Å². The summed E-state index contributed by atoms with van der Waals surface area (Å²) < 4.78 is 38.4. The first kappa shape index (κ1) is 24.7. The Bertz CT molecular complexity index is 1220. The average molecular weight is 483 g/mol. The molecule has 0 aliphatic heterocycles. The second-order valence-electron chi connectivity index (χ2n) is 6.88. The number of aromatic nitrogens is 1. The number of nitrogens with zero attached hydrogens (tertiary/aromatic N) is 3. The number of pyridine rings is 1. The van der Waals surface area contributed by atoms with Crippen LogP contribution in [-0.4, -0.2) is 45.3 Å². The van der Waals surface area contributed by atoms with Gasteiger partial charge in [0.05, 0.1) is 24.3 Å². The second kappa shape index (κ2) is 11.8. The molecule has 2 aromatic carbocycles. The molecule has 0 saturated carbocycles. The summed E-state index contributed by atoms with van der Waals surface area (Å²) in [6, 6.07) is 18.0. The Morgan fingerprint density at radius 2 is 1.71 bits per heavy atom. The lowest BCUT2D eigenvalue weighted by atomic mass is 10.2. The van der Waals surface area contributed by atoms with Gasteiger partial charge in [0.1, 0.15) is 12.4 Å². The number of hydrogen-bond acceptors (Lipinski definition) is 7. The maximum absolute atomic E-state index is 13.2. The van der Waals surface area contributed by atoms with Gasteiger partial charge < -0.3 is 9.47 Å². The SMILES string of the molecule is CCOc1ccc(/C=N\NC(=O)CN(c2ccccn2)S(=O)(=O)c2ccccc2)cc1OCC. The molecule has 1 N–H and O–H groups in total. The minimum Gasteiger partial charge on any atom is -0.490 e. The number of sulfonamides is 1. The molecule has 0 aliphatic carbocycles. The van der Waals surface area contributed by atoms with E-state index in [-0.39, 0.29) is 10.7 Å². The van der Waals surface area contributed by atoms with Crippen molar-refractivity contribution in [2.75, 3.05) is 24.1 Å². The number of carbonyl (C=O) groups is 1. The quantitative estimate of drug-likeness (QED) is 0.332. The molecule has 0 spiro atoms. The van der Waals surface area contributed by atoms with Crippen LogP contribution in [0.1, 0.15) is 19.4 Å². The first-order chi connectivity index (χ1) is 16.5. The van der Waals surface area contributed by atoms with Crippen molar-refractivity contribution >= 4 is 28.0 Å². The topological polar surface area (TPSA) is 110 Å². The lowest BCUT2D eigenvalue weighted by Crippen LogP contribution is -2.40. The smallest absolute Gasteiger partial charge is 0.265 e. The predicted octanol–water partition coefficient (Wildman–Crippen LogP) is 3.22. The predicted molar refractivity (Wildman–Crippen MR) is 130 cm³/mol. The summed E-state index contributed by atoms with van der Waals surface area (Å²) >= 11 is 0. The Balaban J connectivity index is 1.75. The molecule has 3 aromatic rings. The molecule has 3 rings (SSSR count). The molecule has 0 aliphatic rings. The molecule has 0 fully saturated rings. The van der Waals surface area contributed by atoms with Crippen LogP contribution in [0.5, 0.6) is 11.5 Å². The van der Waals surface area contributed by atoms with Crippen molar-refractivity contribution in [2.45, 2.75) is 18.7 Å². The number of ether oxygens (including phenoxy) is 2. The molecule has 1 amide bonds. The third-order valence-corrected chi connectivity index (χ3v) is 6.26. The number of hydrazone groups is 1. The van der Waals surface area contributed by atoms with Crippen LogP contribution in [-0.2, 0) is 14.8 Å². The van der Waals surface area contributed by atoms with Crippen LogP contribution in [0.25, 0.3) is 0 Å². The standard InChI is InChI=1S/C24H26N4O5S/c1-3-32-21-14-13-19(16-22(21)33-4-2)17-26-27-24(29)18-28(23-12-8-9-15-25-23)34(30,31)20-10-6-5-7-11-20/h5-17H,3-4,18H2,1-2H3,(H,27,29)/b26-17-. The van der Waals surface area contributed by atoms with E-state index in [4.69, 9.17) is 9.47 Å². The van der Waals surface area contributed by atoms with Gasteiger partial charge in [0.15, 0.2) is 11.5 Å². The van der Waals surface area contributed by atoms with Crippen molar-refractivity contribution < 1.29 is 22.7 Å². The Morgan fingerprint density at radius 1 is 1.00 bits per heavy atom. The summed E-state index contributed by atoms with van der Waals surface area (Å²) in [4.78, 5) is 16.8. The number of rotatable bonds is 11. The van der Waals surface area contributed by atoms with Gasteiger partial charge in [0.25, 0.3) is 15.9 Å². The zero-order valence-electron chi connectivity index (χ0n) is 18.9. The maximum Gasteiger partial charge on any atom is 0.265 e. The van der Waals surface area contributed by atoms with E-state index in [2.05, 4.69) is 15.5 Å². The maximum atomic E-state index is 13.2. The molecule has 10 heteroatoms. The van der Waals surface area contributed by atoms with Crippen molar-refractivity contribution in [1.29, 1.82) is 0 Å². The third-order valence-electron chi connectivity index (χ3n) is 4.49. The van der Waals surface area contributed by atoms with E-state index < -0.39 is 22.5 Å². The van der Waals surface area contributed by atoms with Gasteiger partial charge in [0, 0.05) is 6.20 Å². The normalized spacial score (nSPS) is 11.2. The minimum absolute atomic E-state index is 0.0507. The first-order valence-electron chi connectivity index (χ1n) is 10.7. The molecule has 34 heavy (non-hydrogen) atoms. The molecular weight excluding hydrogens is 456 g/mol. The molecule has 178 valence electrons. The van der Waals surface area contributed by atoms with E-state index in [0.717, 1.165) is 4.31 Å². The Morgan fingerprint density at radius 3 is 2.38 bits per heavy atom. The van der Waals surface area contributed by atoms with Crippen LogP contribution in [0.3, 0.4) is 0 Å². The third kappa shape index (κ3) is 6.32. The van der Waals surface area contributed by atoms with Crippen LogP contribution < -0.4 is 19.2 Å². The fourth-order valence-electron chi connectivity index (χ4n) is 3.00. The number of nitrogens with one attached hydrogen (secondary N) is 1. The first-order valence-corrected chi connectivity index (χ1v) is 12.1. The summed E-state index contributed by atoms with van der Waals surface area (Å²) in [6.45, 7) is 4.22. The van der Waals surface area contributed by atoms with Gasteiger partial charge in [-0.15, -0.1) is 0 Å². The summed E-state index contributed by atoms with van der Waals surface area (Å²) in [5, 5.41) is 3.96. The molecule has 0 atom stereocenters. The van der Waals surface area contributed by atoms with Gasteiger partial charge in [-0.2, -0.15) is 5.10 Å². The van der Waals surface area contributed by atoms with Crippen molar-refractivity contribution in [1.82, 2.24) is 10.4 Å². The van der Waals surface area contributed by atoms with Gasteiger partial charge in [-0.05, 0) is 61.9 Å². The Kier molecular flexibility index (Phi) is 8.58. The van der Waals surface area contributed by atoms with E-state index in [9.17, 15) is 13.2 Å². The van der Waals surface area contributed by atoms with E-state index in [1.54, 1.807) is 48.5 Å². The number of hydrogen-bond donors (Lipinski definition) is 1. The molecule has 0 radical (unpaired) electrons. The number of anilines is 1. The number of benzene rings is 2. The Labute approximate surface area is 199 Å². The largest absolute Gasteiger partial charge is 0.490 e. The van der Waals surface area contributed by atoms with E-state index in [0.29, 0.717) is 30.3 Å². The molecule has 0 saturated heterocycles. The van der Waals surface area contributed by atoms with Gasteiger partial charge >= 0.3 is 0 Å². The van der Waals surface area contributed by atoms with Gasteiger partial charge in [-0.3, -0.25) is 4.79 Å². The van der Waals surface area contributed by atoms with E-state index in [1.165, 1.54) is 30.6 Å². The van der Waals surface area contributed by atoms with E-state index >= 15 is 0 Å². The van der Waals surface area contributed by atoms with Crippen molar-refractivity contribution in [3.63, 3.8) is 0 Å². The minimum atomic E-state index is -4.02. The van der Waals surface area contributed by atoms with Crippen molar-refractivity contribution in [3.05, 3.63) is 78.5 Å². The van der Waals surface area contributed by atoms with Gasteiger partial charge in [-0.1, -0.05) is 24.3 Å². The molecule has 1 heterocycles. The molecule has 1 aromatic heterocycles. The van der Waals surface area contributed by atoms with Gasteiger partial charge in [-0.25, -0.2) is 23.1 Å². The van der Waals surface area contributed by atoms with Crippen molar-refractivity contribution in [2.24, 2.45) is 5.10 Å². The number of carbonyl (C=O) groups excluding carboxylic acids is 1. The fourth-order valence-corrected chi connectivity index (χ4v) is 4.40. The summed E-state index contributed by atoms with van der Waals surface area (Å²) in [7, 11) is -4.02. The highest BCUT2D eigenvalue weighted by atomic mass is 32.2. The molecule has 9 nitrogen and oxygen atoms in total. The molecule has 0 bridgehead atoms. The summed E-state index contributed by atoms with van der Waals surface area (Å²) in [5.41, 5.74) is 3.04. The van der Waals surface area contributed by atoms with E-state index in [1.807, 2.05) is 13.8 Å². The van der Waals surface area contributed by atoms with Crippen LogP contribution in [0, 0.1) is 0 Å². The van der Waals surface area contributed by atoms with Gasteiger partial charge in [0.2, 0.25) is 0 Å². The lowest BCUT2D eigenvalue weighted by molar-refractivity contribution is -0.119. The monoisotopic (exact) mass is 482 g/mol. The highest BCUT2D eigenvalue weighted by Crippen LogP contribution is 2.28. The zero-order chi connectivity index (χ0) is 24.4. The average Bonchev–Trinajstić information content (AvgIpc) is 2.85. The molecular formula is C24H26N4O5S. The lowest BCUT2D eigenvalue weighted by Gasteiger charge is -2.22. The van der Waals surface area contributed by atoms with Crippen LogP contribution >= 0.6 is 0 Å². The van der Waals surface area contributed by atoms with Crippen molar-refractivity contribution in [3.8, 4) is 11.5 Å². The number of amides is 1. The summed E-state index contributed by atoms with van der Waals surface area (Å²) in [5.74, 6) is 0.674. The fraction of sp³-hybridized carbons (Fsp3) is 0.208. The molecule has 0 unspecified atom stereocenters. The summed E-state index contributed by atoms with van der Waals surface area (Å²) in [6.07, 6.45) is 2.90. The highest BCUT2D eigenvalue weighted by molar-refractivity contribution is 7.92. The van der Waals surface area contributed by atoms with Crippen LogP contribution in [0.4, 0.5) is 5.82 Å².